The molecule has 38 heavy (non-hydrogen) atoms. The Kier molecular flexibility index (Phi) is 4.61. The van der Waals surface area contributed by atoms with Crippen molar-refractivity contribution in [3.05, 3.63) is 96.1 Å². The van der Waals surface area contributed by atoms with E-state index in [1.165, 1.54) is 18.7 Å². The number of carbonyl (C=O) groups is 2. The molecule has 11 nitrogen and oxygen atoms in total. The van der Waals surface area contributed by atoms with Gasteiger partial charge in [0.2, 0.25) is 9.84 Å². The number of anilines is 1. The number of fused-ring (bicyclic) bond motifs is 1. The third kappa shape index (κ3) is 3.07. The van der Waals surface area contributed by atoms with Crippen LogP contribution in [0.3, 0.4) is 0 Å². The Balaban J connectivity index is 1.40. The van der Waals surface area contributed by atoms with Gasteiger partial charge in [-0.05, 0) is 17.7 Å². The van der Waals surface area contributed by atoms with E-state index in [0.29, 0.717) is 22.6 Å². The van der Waals surface area contributed by atoms with Crippen LogP contribution < -0.4 is 10.2 Å². The Hall–Kier alpha value is -4.84. The molecule has 3 aliphatic rings. The van der Waals surface area contributed by atoms with Crippen molar-refractivity contribution in [3.8, 4) is 0 Å². The number of amides is 2. The molecule has 12 heteroatoms. The van der Waals surface area contributed by atoms with E-state index in [4.69, 9.17) is 0 Å². The number of rotatable bonds is 4. The maximum atomic E-state index is 13.6. The van der Waals surface area contributed by atoms with E-state index in [-0.39, 0.29) is 28.3 Å². The lowest BCUT2D eigenvalue weighted by Crippen LogP contribution is -2.35. The summed E-state index contributed by atoms with van der Waals surface area (Å²) in [6, 6.07) is 10.9. The zero-order valence-electron chi connectivity index (χ0n) is 19.9. The number of para-hydroxylation sites is 1. The lowest BCUT2D eigenvalue weighted by molar-refractivity contribution is -0.123. The largest absolute Gasteiger partial charge is 0.339 e. The van der Waals surface area contributed by atoms with Crippen LogP contribution in [0.25, 0.3) is 11.2 Å². The number of nitrogens with zero attached hydrogens (tertiary/aromatic N) is 6. The van der Waals surface area contributed by atoms with E-state index >= 15 is 0 Å². The fourth-order valence-corrected chi connectivity index (χ4v) is 6.94. The standard InChI is InChI=1S/C26H19N7O4S/c1-31-13-19(29-14-31)38(36,37)20-11-15-5-4-6-16-23(27-8-10-33(20)24(15)16)22-21(25(34)30-26(22)35)17-12-28-18-7-2-3-9-32(17)18/h2-10,12-14,20H,11H2,1H3,(H,30,34,35). The molecule has 0 fully saturated rings. The number of hydrogen-bond acceptors (Lipinski definition) is 8. The van der Waals surface area contributed by atoms with E-state index in [1.54, 1.807) is 57.7 Å². The first-order valence-electron chi connectivity index (χ1n) is 11.7. The number of aliphatic imine (C=N–C) groups is 1. The Morgan fingerprint density at radius 1 is 1.03 bits per heavy atom. The molecule has 3 aromatic heterocycles. The van der Waals surface area contributed by atoms with Gasteiger partial charge in [0.05, 0.1) is 40.8 Å². The van der Waals surface area contributed by atoms with Gasteiger partial charge < -0.3 is 9.47 Å². The van der Waals surface area contributed by atoms with Crippen LogP contribution in [-0.2, 0) is 32.9 Å². The van der Waals surface area contributed by atoms with Crippen molar-refractivity contribution in [2.75, 3.05) is 4.90 Å². The molecule has 0 spiro atoms. The van der Waals surface area contributed by atoms with Crippen molar-refractivity contribution < 1.29 is 18.0 Å². The second kappa shape index (κ2) is 7.83. The molecule has 2 amide bonds. The van der Waals surface area contributed by atoms with E-state index in [9.17, 15) is 18.0 Å². The summed E-state index contributed by atoms with van der Waals surface area (Å²) in [7, 11) is -2.13. The van der Waals surface area contributed by atoms with Gasteiger partial charge in [-0.2, -0.15) is 0 Å². The molecule has 3 aliphatic heterocycles. The molecule has 0 saturated heterocycles. The van der Waals surface area contributed by atoms with Gasteiger partial charge in [-0.25, -0.2) is 18.4 Å². The number of hydrogen-bond donors (Lipinski definition) is 1. The Morgan fingerprint density at radius 3 is 2.68 bits per heavy atom. The monoisotopic (exact) mass is 525 g/mol. The maximum Gasteiger partial charge on any atom is 0.261 e. The molecule has 1 aromatic carbocycles. The van der Waals surface area contributed by atoms with Crippen LogP contribution in [0.4, 0.5) is 5.69 Å². The molecule has 0 saturated carbocycles. The quantitative estimate of drug-likeness (QED) is 0.401. The first kappa shape index (κ1) is 22.4. The highest BCUT2D eigenvalue weighted by molar-refractivity contribution is 7.92. The summed E-state index contributed by atoms with van der Waals surface area (Å²) < 4.78 is 30.5. The van der Waals surface area contributed by atoms with Crippen molar-refractivity contribution in [2.24, 2.45) is 12.0 Å². The lowest BCUT2D eigenvalue weighted by atomic mass is 9.94. The van der Waals surface area contributed by atoms with Crippen molar-refractivity contribution in [1.82, 2.24) is 24.3 Å². The van der Waals surface area contributed by atoms with Gasteiger partial charge >= 0.3 is 0 Å². The first-order chi connectivity index (χ1) is 18.3. The van der Waals surface area contributed by atoms with Gasteiger partial charge in [0.1, 0.15) is 11.0 Å². The van der Waals surface area contributed by atoms with Crippen LogP contribution in [0.1, 0.15) is 16.8 Å². The molecule has 4 aromatic rings. The van der Waals surface area contributed by atoms with Gasteiger partial charge in [0.15, 0.2) is 5.03 Å². The number of nitrogens with one attached hydrogen (secondary N) is 1. The first-order valence-corrected chi connectivity index (χ1v) is 13.3. The number of imidazole rings is 2. The Labute approximate surface area is 216 Å². The molecule has 0 aliphatic carbocycles. The van der Waals surface area contributed by atoms with E-state index in [1.807, 2.05) is 18.2 Å². The van der Waals surface area contributed by atoms with Crippen molar-refractivity contribution in [1.29, 1.82) is 0 Å². The molecule has 0 radical (unpaired) electrons. The van der Waals surface area contributed by atoms with Crippen molar-refractivity contribution in [3.63, 3.8) is 0 Å². The van der Waals surface area contributed by atoms with Gasteiger partial charge in [-0.15, -0.1) is 0 Å². The predicted octanol–water partition coefficient (Wildman–Crippen LogP) is 1.61. The van der Waals surface area contributed by atoms with Crippen LogP contribution in [0.2, 0.25) is 0 Å². The van der Waals surface area contributed by atoms with Crippen LogP contribution in [0.15, 0.2) is 89.3 Å². The molecule has 188 valence electrons. The molecular formula is C26H19N7O4S. The second-order valence-corrected chi connectivity index (χ2v) is 11.2. The fraction of sp³-hybridized carbons (Fsp3) is 0.115. The maximum absolute atomic E-state index is 13.6. The second-order valence-electron chi connectivity index (χ2n) is 9.18. The molecule has 1 atom stereocenters. The third-order valence-corrected chi connectivity index (χ3v) is 8.84. The van der Waals surface area contributed by atoms with Crippen LogP contribution in [0, 0.1) is 0 Å². The number of pyridine rings is 1. The number of aromatic nitrogens is 4. The normalized spacial score (nSPS) is 18.7. The highest BCUT2D eigenvalue weighted by atomic mass is 32.2. The number of imide groups is 1. The smallest absolute Gasteiger partial charge is 0.261 e. The SMILES string of the molecule is Cn1cnc(S(=O)(=O)C2Cc3cccc4c3N2C=CN=C4C2=C(c3cnc4ccccn34)C(=O)NC2=O)c1. The summed E-state index contributed by atoms with van der Waals surface area (Å²) in [6.45, 7) is 0. The number of sulfone groups is 1. The highest BCUT2D eigenvalue weighted by Gasteiger charge is 2.44. The van der Waals surface area contributed by atoms with Gasteiger partial charge in [0.25, 0.3) is 11.8 Å². The van der Waals surface area contributed by atoms with Gasteiger partial charge in [-0.1, -0.05) is 24.3 Å². The molecule has 1 N–H and O–H groups in total. The topological polar surface area (TPSA) is 131 Å². The number of carbonyl (C=O) groups excluding carboxylic acids is 2. The average molecular weight is 526 g/mol. The Morgan fingerprint density at radius 2 is 1.87 bits per heavy atom. The summed E-state index contributed by atoms with van der Waals surface area (Å²) in [5.41, 5.74) is 3.58. The average Bonchev–Trinajstić information content (AvgIpc) is 3.64. The minimum Gasteiger partial charge on any atom is -0.339 e. The molecule has 7 rings (SSSR count). The minimum absolute atomic E-state index is 0.0171. The van der Waals surface area contributed by atoms with E-state index in [0.717, 1.165) is 5.56 Å². The summed E-state index contributed by atoms with van der Waals surface area (Å²) in [5, 5.41) is 1.44. The third-order valence-electron chi connectivity index (χ3n) is 6.94. The molecular weight excluding hydrogens is 506 g/mol. The van der Waals surface area contributed by atoms with Gasteiger partial charge in [0, 0.05) is 43.8 Å². The van der Waals surface area contributed by atoms with E-state index < -0.39 is 27.0 Å². The summed E-state index contributed by atoms with van der Waals surface area (Å²) in [6.07, 6.45) is 9.52. The minimum atomic E-state index is -3.84. The number of benzene rings is 1. The van der Waals surface area contributed by atoms with Crippen molar-refractivity contribution >= 4 is 44.3 Å². The molecule has 1 unspecified atom stereocenters. The summed E-state index contributed by atoms with van der Waals surface area (Å²) in [4.78, 5) is 40.9. The zero-order valence-corrected chi connectivity index (χ0v) is 20.8. The molecule has 6 heterocycles. The van der Waals surface area contributed by atoms with Crippen LogP contribution >= 0.6 is 0 Å². The van der Waals surface area contributed by atoms with Crippen molar-refractivity contribution in [2.45, 2.75) is 16.8 Å². The highest BCUT2D eigenvalue weighted by Crippen LogP contribution is 2.42. The lowest BCUT2D eigenvalue weighted by Gasteiger charge is -2.23. The summed E-state index contributed by atoms with van der Waals surface area (Å²) in [5.74, 6) is -1.13. The van der Waals surface area contributed by atoms with Gasteiger partial charge in [-0.3, -0.25) is 24.3 Å². The van der Waals surface area contributed by atoms with Crippen LogP contribution in [0.5, 0.6) is 0 Å². The predicted molar refractivity (Wildman–Crippen MR) is 138 cm³/mol. The molecule has 0 bridgehead atoms. The fourth-order valence-electron chi connectivity index (χ4n) is 5.28. The van der Waals surface area contributed by atoms with Crippen LogP contribution in [-0.4, -0.2) is 50.3 Å². The van der Waals surface area contributed by atoms with E-state index in [2.05, 4.69) is 20.3 Å². The number of aryl methyl sites for hydroxylation is 1. The zero-order chi connectivity index (χ0) is 26.2. The Bertz CT molecular complexity index is 1910. The summed E-state index contributed by atoms with van der Waals surface area (Å²) >= 11 is 0.